The van der Waals surface area contributed by atoms with Gasteiger partial charge < -0.3 is 15.1 Å². The van der Waals surface area contributed by atoms with Crippen molar-refractivity contribution in [3.05, 3.63) is 24.5 Å². The molecule has 0 radical (unpaired) electrons. The predicted molar refractivity (Wildman–Crippen MR) is 76.7 cm³/mol. The molecular formula is C15H18N4O2. The molecule has 110 valence electrons. The summed E-state index contributed by atoms with van der Waals surface area (Å²) in [5, 5.41) is 2.99. The number of hydrogen-bond donors (Lipinski definition) is 1. The molecule has 1 N–H and O–H groups in total. The third kappa shape index (κ3) is 2.24. The Morgan fingerprint density at radius 1 is 1.29 bits per heavy atom. The lowest BCUT2D eigenvalue weighted by molar-refractivity contribution is -0.120. The minimum Gasteiger partial charge on any atom is -0.335 e. The van der Waals surface area contributed by atoms with Gasteiger partial charge in [0.2, 0.25) is 5.91 Å². The summed E-state index contributed by atoms with van der Waals surface area (Å²) in [7, 11) is 0. The van der Waals surface area contributed by atoms with E-state index in [-0.39, 0.29) is 23.8 Å². The van der Waals surface area contributed by atoms with Crippen LogP contribution in [0.15, 0.2) is 24.5 Å². The highest BCUT2D eigenvalue weighted by Gasteiger charge is 2.48. The predicted octanol–water partition coefficient (Wildman–Crippen LogP) is 0.848. The van der Waals surface area contributed by atoms with E-state index in [0.717, 1.165) is 18.5 Å². The number of urea groups is 1. The molecule has 1 saturated carbocycles. The zero-order valence-corrected chi connectivity index (χ0v) is 11.7. The van der Waals surface area contributed by atoms with Crippen LogP contribution in [0.2, 0.25) is 0 Å². The Bertz CT molecular complexity index is 572. The Balaban J connectivity index is 1.43. The van der Waals surface area contributed by atoms with Crippen molar-refractivity contribution in [2.75, 3.05) is 24.5 Å². The monoisotopic (exact) mass is 286 g/mol. The smallest absolute Gasteiger partial charge is 0.317 e. The van der Waals surface area contributed by atoms with Gasteiger partial charge in [0.1, 0.15) is 0 Å². The highest BCUT2D eigenvalue weighted by molar-refractivity contribution is 5.98. The molecule has 2 saturated heterocycles. The van der Waals surface area contributed by atoms with Crippen molar-refractivity contribution in [2.45, 2.75) is 18.9 Å². The molecule has 6 nitrogen and oxygen atoms in total. The van der Waals surface area contributed by atoms with Crippen LogP contribution in [0, 0.1) is 11.8 Å². The Morgan fingerprint density at radius 2 is 2.14 bits per heavy atom. The van der Waals surface area contributed by atoms with Crippen LogP contribution in [0.5, 0.6) is 0 Å². The van der Waals surface area contributed by atoms with E-state index < -0.39 is 0 Å². The fraction of sp³-hybridized carbons (Fsp3) is 0.533. The summed E-state index contributed by atoms with van der Waals surface area (Å²) in [4.78, 5) is 32.3. The van der Waals surface area contributed by atoms with Crippen LogP contribution >= 0.6 is 0 Å². The topological polar surface area (TPSA) is 65.5 Å². The number of fused-ring (bicyclic) bond motifs is 1. The summed E-state index contributed by atoms with van der Waals surface area (Å²) < 4.78 is 0. The van der Waals surface area contributed by atoms with Gasteiger partial charge >= 0.3 is 6.03 Å². The fourth-order valence-corrected chi connectivity index (χ4v) is 3.27. The van der Waals surface area contributed by atoms with Gasteiger partial charge in [0.25, 0.3) is 0 Å². The molecule has 3 amide bonds. The lowest BCUT2D eigenvalue weighted by Gasteiger charge is -2.22. The first-order valence-electron chi connectivity index (χ1n) is 7.49. The summed E-state index contributed by atoms with van der Waals surface area (Å²) in [6.07, 6.45) is 5.59. The van der Waals surface area contributed by atoms with E-state index in [1.165, 1.54) is 0 Å². The summed E-state index contributed by atoms with van der Waals surface area (Å²) in [5.41, 5.74) is 0.853. The van der Waals surface area contributed by atoms with Crippen molar-refractivity contribution in [1.82, 2.24) is 15.2 Å². The minimum atomic E-state index is -0.0600. The van der Waals surface area contributed by atoms with Crippen LogP contribution in [0.4, 0.5) is 10.5 Å². The van der Waals surface area contributed by atoms with E-state index in [9.17, 15) is 9.59 Å². The van der Waals surface area contributed by atoms with Gasteiger partial charge in [0.05, 0.1) is 17.8 Å². The van der Waals surface area contributed by atoms with Crippen LogP contribution in [-0.4, -0.2) is 47.5 Å². The fourth-order valence-electron chi connectivity index (χ4n) is 3.27. The molecule has 2 aliphatic heterocycles. The molecule has 0 unspecified atom stereocenters. The van der Waals surface area contributed by atoms with Crippen molar-refractivity contribution in [1.29, 1.82) is 0 Å². The lowest BCUT2D eigenvalue weighted by Crippen LogP contribution is -2.42. The molecule has 1 aliphatic carbocycles. The number of carbonyl (C=O) groups is 2. The maximum atomic E-state index is 12.5. The van der Waals surface area contributed by atoms with Crippen molar-refractivity contribution in [3.63, 3.8) is 0 Å². The average Bonchev–Trinajstić information content (AvgIpc) is 3.12. The molecule has 3 fully saturated rings. The van der Waals surface area contributed by atoms with Gasteiger partial charge in [0, 0.05) is 37.8 Å². The second-order valence-electron chi connectivity index (χ2n) is 6.16. The number of nitrogens with one attached hydrogen (secondary N) is 1. The van der Waals surface area contributed by atoms with E-state index in [1.807, 2.05) is 12.1 Å². The second kappa shape index (κ2) is 4.72. The molecule has 1 aromatic rings. The SMILES string of the molecule is O=C(NC1CC1)N1C[C@@H]2CN(c3cccnc3)C(=O)[C@@H]2C1. The van der Waals surface area contributed by atoms with Gasteiger partial charge in [-0.1, -0.05) is 0 Å². The van der Waals surface area contributed by atoms with Gasteiger partial charge in [0.15, 0.2) is 0 Å². The number of nitrogens with zero attached hydrogens (tertiary/aromatic N) is 3. The molecule has 2 atom stereocenters. The van der Waals surface area contributed by atoms with Crippen molar-refractivity contribution >= 4 is 17.6 Å². The first kappa shape index (κ1) is 12.6. The summed E-state index contributed by atoms with van der Waals surface area (Å²) in [6.45, 7) is 1.90. The molecular weight excluding hydrogens is 268 g/mol. The van der Waals surface area contributed by atoms with Gasteiger partial charge in [-0.15, -0.1) is 0 Å². The molecule has 1 aromatic heterocycles. The third-order valence-corrected chi connectivity index (χ3v) is 4.59. The summed E-state index contributed by atoms with van der Waals surface area (Å²) in [5.74, 6) is 0.299. The van der Waals surface area contributed by atoms with Crippen LogP contribution in [0.3, 0.4) is 0 Å². The van der Waals surface area contributed by atoms with Crippen molar-refractivity contribution in [3.8, 4) is 0 Å². The van der Waals surface area contributed by atoms with Gasteiger partial charge in [-0.2, -0.15) is 0 Å². The number of likely N-dealkylation sites (tertiary alicyclic amines) is 1. The Morgan fingerprint density at radius 3 is 2.81 bits per heavy atom. The van der Waals surface area contributed by atoms with E-state index in [1.54, 1.807) is 22.2 Å². The van der Waals surface area contributed by atoms with E-state index in [4.69, 9.17) is 0 Å². The highest BCUT2D eigenvalue weighted by Crippen LogP contribution is 2.35. The van der Waals surface area contributed by atoms with Gasteiger partial charge in [-0.05, 0) is 25.0 Å². The molecule has 0 bridgehead atoms. The number of hydrogen-bond acceptors (Lipinski definition) is 3. The van der Waals surface area contributed by atoms with Crippen molar-refractivity contribution < 1.29 is 9.59 Å². The number of rotatable bonds is 2. The minimum absolute atomic E-state index is 0.00683. The summed E-state index contributed by atoms with van der Waals surface area (Å²) >= 11 is 0. The third-order valence-electron chi connectivity index (χ3n) is 4.59. The van der Waals surface area contributed by atoms with Crippen LogP contribution in [-0.2, 0) is 4.79 Å². The van der Waals surface area contributed by atoms with Crippen LogP contribution in [0.1, 0.15) is 12.8 Å². The van der Waals surface area contributed by atoms with E-state index in [0.29, 0.717) is 25.7 Å². The Hall–Kier alpha value is -2.11. The molecule has 21 heavy (non-hydrogen) atoms. The van der Waals surface area contributed by atoms with Crippen molar-refractivity contribution in [2.24, 2.45) is 11.8 Å². The quantitative estimate of drug-likeness (QED) is 0.876. The Labute approximate surface area is 123 Å². The largest absolute Gasteiger partial charge is 0.335 e. The van der Waals surface area contributed by atoms with Gasteiger partial charge in [-0.3, -0.25) is 9.78 Å². The molecule has 0 aromatic carbocycles. The standard InChI is InChI=1S/C15H18N4O2/c20-14-13-9-18(15(21)17-11-3-4-11)7-10(13)8-19(14)12-2-1-5-16-6-12/h1-2,5-6,10-11,13H,3-4,7-9H2,(H,17,21)/t10-,13-/m1/s1. The molecule has 0 spiro atoms. The first-order valence-corrected chi connectivity index (χ1v) is 7.49. The maximum Gasteiger partial charge on any atom is 0.317 e. The number of aromatic nitrogens is 1. The normalized spacial score (nSPS) is 27.9. The molecule has 4 rings (SSSR count). The molecule has 3 heterocycles. The zero-order chi connectivity index (χ0) is 14.4. The Kier molecular flexibility index (Phi) is 2.83. The summed E-state index contributed by atoms with van der Waals surface area (Å²) in [6, 6.07) is 4.10. The second-order valence-corrected chi connectivity index (χ2v) is 6.16. The lowest BCUT2D eigenvalue weighted by atomic mass is 10.0. The van der Waals surface area contributed by atoms with Crippen LogP contribution < -0.4 is 10.2 Å². The van der Waals surface area contributed by atoms with E-state index in [2.05, 4.69) is 10.3 Å². The number of anilines is 1. The zero-order valence-electron chi connectivity index (χ0n) is 11.7. The first-order chi connectivity index (χ1) is 10.2. The number of carbonyl (C=O) groups excluding carboxylic acids is 2. The van der Waals surface area contributed by atoms with E-state index >= 15 is 0 Å². The van der Waals surface area contributed by atoms with Gasteiger partial charge in [-0.25, -0.2) is 4.79 Å². The number of amides is 3. The molecule has 3 aliphatic rings. The highest BCUT2D eigenvalue weighted by atomic mass is 16.2. The maximum absolute atomic E-state index is 12.5. The molecule has 6 heteroatoms. The van der Waals surface area contributed by atoms with Crippen LogP contribution in [0.25, 0.3) is 0 Å². The average molecular weight is 286 g/mol. The number of pyridine rings is 1.